The monoisotopic (exact) mass is 324 g/mol. The standard InChI is InChI=1S/C15H24N4O2S/c1-3-22-15-16-9-13(10-17-15)11-18-5-4-6-19(8-7-18)14(20)12-21-2/h9-10H,3-8,11-12H2,1-2H3. The van der Waals surface area contributed by atoms with Crippen molar-refractivity contribution in [1.82, 2.24) is 19.8 Å². The van der Waals surface area contributed by atoms with Crippen molar-refractivity contribution in [3.05, 3.63) is 18.0 Å². The molecule has 0 aliphatic carbocycles. The molecule has 0 spiro atoms. The van der Waals surface area contributed by atoms with Gasteiger partial charge in [-0.05, 0) is 12.2 Å². The quantitative estimate of drug-likeness (QED) is 0.580. The summed E-state index contributed by atoms with van der Waals surface area (Å²) in [5.41, 5.74) is 1.12. The summed E-state index contributed by atoms with van der Waals surface area (Å²) in [6.07, 6.45) is 4.80. The Morgan fingerprint density at radius 1 is 1.27 bits per heavy atom. The molecule has 0 bridgehead atoms. The first kappa shape index (κ1) is 17.2. The average Bonchev–Trinajstić information content (AvgIpc) is 2.75. The SMILES string of the molecule is CCSc1ncc(CN2CCCN(C(=O)COC)CC2)cn1. The van der Waals surface area contributed by atoms with E-state index < -0.39 is 0 Å². The third-order valence-corrected chi connectivity index (χ3v) is 4.33. The molecule has 0 unspecified atom stereocenters. The second kappa shape index (κ2) is 9.07. The Labute approximate surface area is 136 Å². The first-order valence-electron chi connectivity index (χ1n) is 7.65. The van der Waals surface area contributed by atoms with Crippen molar-refractivity contribution >= 4 is 17.7 Å². The third-order valence-electron chi connectivity index (χ3n) is 3.57. The van der Waals surface area contributed by atoms with Gasteiger partial charge in [-0.15, -0.1) is 0 Å². The van der Waals surface area contributed by atoms with Gasteiger partial charge in [0.1, 0.15) is 6.61 Å². The van der Waals surface area contributed by atoms with Crippen molar-refractivity contribution in [2.45, 2.75) is 25.0 Å². The number of nitrogens with zero attached hydrogens (tertiary/aromatic N) is 4. The summed E-state index contributed by atoms with van der Waals surface area (Å²) in [5, 5.41) is 0.832. The molecule has 1 aliphatic rings. The van der Waals surface area contributed by atoms with E-state index in [0.29, 0.717) is 0 Å². The van der Waals surface area contributed by atoms with E-state index in [-0.39, 0.29) is 12.5 Å². The minimum absolute atomic E-state index is 0.0774. The zero-order valence-electron chi connectivity index (χ0n) is 13.3. The molecule has 0 atom stereocenters. The number of ether oxygens (including phenoxy) is 1. The number of hydrogen-bond donors (Lipinski definition) is 0. The molecule has 22 heavy (non-hydrogen) atoms. The average molecular weight is 324 g/mol. The van der Waals surface area contributed by atoms with Crippen LogP contribution in [0.3, 0.4) is 0 Å². The van der Waals surface area contributed by atoms with Gasteiger partial charge >= 0.3 is 0 Å². The first-order valence-corrected chi connectivity index (χ1v) is 8.64. The van der Waals surface area contributed by atoms with Gasteiger partial charge in [0.05, 0.1) is 0 Å². The maximum Gasteiger partial charge on any atom is 0.248 e. The van der Waals surface area contributed by atoms with Crippen molar-refractivity contribution in [1.29, 1.82) is 0 Å². The summed E-state index contributed by atoms with van der Waals surface area (Å²) in [6, 6.07) is 0. The number of aromatic nitrogens is 2. The molecule has 1 aliphatic heterocycles. The number of amides is 1. The van der Waals surface area contributed by atoms with E-state index in [4.69, 9.17) is 4.74 Å². The van der Waals surface area contributed by atoms with Crippen LogP contribution >= 0.6 is 11.8 Å². The molecule has 0 saturated carbocycles. The van der Waals surface area contributed by atoms with Crippen molar-refractivity contribution in [2.75, 3.05) is 45.6 Å². The van der Waals surface area contributed by atoms with E-state index >= 15 is 0 Å². The van der Waals surface area contributed by atoms with Gasteiger partial charge in [0.2, 0.25) is 5.91 Å². The fraction of sp³-hybridized carbons (Fsp3) is 0.667. The molecule has 1 aromatic heterocycles. The van der Waals surface area contributed by atoms with E-state index in [1.165, 1.54) is 0 Å². The van der Waals surface area contributed by atoms with E-state index in [0.717, 1.165) is 55.6 Å². The van der Waals surface area contributed by atoms with Gasteiger partial charge < -0.3 is 9.64 Å². The summed E-state index contributed by atoms with van der Waals surface area (Å²) in [6.45, 7) is 6.53. The zero-order chi connectivity index (χ0) is 15.8. The van der Waals surface area contributed by atoms with Gasteiger partial charge in [0.25, 0.3) is 0 Å². The Morgan fingerprint density at radius 2 is 2.05 bits per heavy atom. The topological polar surface area (TPSA) is 58.6 Å². The lowest BCUT2D eigenvalue weighted by Crippen LogP contribution is -2.37. The molecule has 1 aromatic rings. The van der Waals surface area contributed by atoms with Crippen molar-refractivity contribution in [2.24, 2.45) is 0 Å². The van der Waals surface area contributed by atoms with Gasteiger partial charge in [-0.3, -0.25) is 9.69 Å². The van der Waals surface area contributed by atoms with Crippen LogP contribution in [0.25, 0.3) is 0 Å². The number of rotatable bonds is 6. The Hall–Kier alpha value is -1.18. The summed E-state index contributed by atoms with van der Waals surface area (Å²) < 4.78 is 4.93. The predicted octanol–water partition coefficient (Wildman–Crippen LogP) is 1.27. The van der Waals surface area contributed by atoms with Crippen LogP contribution in [0.15, 0.2) is 17.6 Å². The largest absolute Gasteiger partial charge is 0.375 e. The number of methoxy groups -OCH3 is 1. The number of carbonyl (C=O) groups is 1. The fourth-order valence-electron chi connectivity index (χ4n) is 2.48. The minimum atomic E-state index is 0.0774. The van der Waals surface area contributed by atoms with E-state index in [1.807, 2.05) is 17.3 Å². The van der Waals surface area contributed by atoms with Crippen LogP contribution in [0.5, 0.6) is 0 Å². The molecule has 2 heterocycles. The van der Waals surface area contributed by atoms with Crippen molar-refractivity contribution < 1.29 is 9.53 Å². The minimum Gasteiger partial charge on any atom is -0.375 e. The second-order valence-electron chi connectivity index (χ2n) is 5.25. The molecular formula is C15H24N4O2S. The van der Waals surface area contributed by atoms with E-state index in [1.54, 1.807) is 18.9 Å². The van der Waals surface area contributed by atoms with E-state index in [2.05, 4.69) is 21.8 Å². The summed E-state index contributed by atoms with van der Waals surface area (Å²) in [4.78, 5) is 24.9. The second-order valence-corrected chi connectivity index (χ2v) is 6.48. The van der Waals surface area contributed by atoms with Gasteiger partial charge in [-0.2, -0.15) is 0 Å². The Morgan fingerprint density at radius 3 is 2.73 bits per heavy atom. The molecule has 7 heteroatoms. The maximum absolute atomic E-state index is 11.9. The molecule has 0 N–H and O–H groups in total. The zero-order valence-corrected chi connectivity index (χ0v) is 14.1. The molecule has 6 nitrogen and oxygen atoms in total. The van der Waals surface area contributed by atoms with Gasteiger partial charge in [0.15, 0.2) is 5.16 Å². The normalized spacial score (nSPS) is 16.5. The Balaban J connectivity index is 1.84. The van der Waals surface area contributed by atoms with Crippen LogP contribution in [0, 0.1) is 0 Å². The lowest BCUT2D eigenvalue weighted by Gasteiger charge is -2.21. The third kappa shape index (κ3) is 5.23. The molecule has 122 valence electrons. The smallest absolute Gasteiger partial charge is 0.248 e. The van der Waals surface area contributed by atoms with Crippen LogP contribution in [-0.2, 0) is 16.1 Å². The van der Waals surface area contributed by atoms with Crippen LogP contribution in [0.4, 0.5) is 0 Å². The first-order chi connectivity index (χ1) is 10.7. The highest BCUT2D eigenvalue weighted by molar-refractivity contribution is 7.99. The maximum atomic E-state index is 11.9. The van der Waals surface area contributed by atoms with Crippen molar-refractivity contribution in [3.8, 4) is 0 Å². The van der Waals surface area contributed by atoms with Crippen molar-refractivity contribution in [3.63, 3.8) is 0 Å². The van der Waals surface area contributed by atoms with Gasteiger partial charge in [-0.25, -0.2) is 9.97 Å². The summed E-state index contributed by atoms with van der Waals surface area (Å²) in [7, 11) is 1.56. The Kier molecular flexibility index (Phi) is 7.08. The lowest BCUT2D eigenvalue weighted by molar-refractivity contribution is -0.135. The number of carbonyl (C=O) groups excluding carboxylic acids is 1. The fourth-order valence-corrected chi connectivity index (χ4v) is 2.99. The van der Waals surface area contributed by atoms with Crippen LogP contribution in [0.1, 0.15) is 18.9 Å². The van der Waals surface area contributed by atoms with Crippen LogP contribution < -0.4 is 0 Å². The highest BCUT2D eigenvalue weighted by atomic mass is 32.2. The molecule has 1 saturated heterocycles. The highest BCUT2D eigenvalue weighted by Gasteiger charge is 2.19. The van der Waals surface area contributed by atoms with E-state index in [9.17, 15) is 4.79 Å². The molecule has 0 aromatic carbocycles. The van der Waals surface area contributed by atoms with Gasteiger partial charge in [-0.1, -0.05) is 18.7 Å². The lowest BCUT2D eigenvalue weighted by atomic mass is 10.3. The van der Waals surface area contributed by atoms with Gasteiger partial charge in [0, 0.05) is 57.8 Å². The molecule has 1 fully saturated rings. The Bertz CT molecular complexity index is 469. The summed E-state index contributed by atoms with van der Waals surface area (Å²) >= 11 is 1.65. The predicted molar refractivity (Wildman–Crippen MR) is 86.8 cm³/mol. The van der Waals surface area contributed by atoms with Crippen LogP contribution in [0.2, 0.25) is 0 Å². The number of hydrogen-bond acceptors (Lipinski definition) is 6. The molecular weight excluding hydrogens is 300 g/mol. The van der Waals surface area contributed by atoms with Crippen LogP contribution in [-0.4, -0.2) is 71.3 Å². The molecule has 1 amide bonds. The summed E-state index contributed by atoms with van der Waals surface area (Å²) in [5.74, 6) is 1.06. The molecule has 2 rings (SSSR count). The highest BCUT2D eigenvalue weighted by Crippen LogP contribution is 2.13. The number of thioether (sulfide) groups is 1. The molecule has 0 radical (unpaired) electrons.